The van der Waals surface area contributed by atoms with Gasteiger partial charge >= 0.3 is 17.9 Å². The first-order chi connectivity index (χ1) is 40.5. The minimum Gasteiger partial charge on any atom is -0.462 e. The van der Waals surface area contributed by atoms with Gasteiger partial charge in [-0.3, -0.25) is 14.4 Å². The molecule has 0 aliphatic rings. The summed E-state index contributed by atoms with van der Waals surface area (Å²) in [6, 6.07) is 0. The van der Waals surface area contributed by atoms with Crippen LogP contribution < -0.4 is 0 Å². The lowest BCUT2D eigenvalue weighted by atomic mass is 10.0. The first-order valence-electron chi connectivity index (χ1n) is 35.6. The lowest BCUT2D eigenvalue weighted by molar-refractivity contribution is -0.166. The largest absolute Gasteiger partial charge is 0.462 e. The van der Waals surface area contributed by atoms with Gasteiger partial charge < -0.3 is 14.2 Å². The molecule has 0 saturated heterocycles. The maximum Gasteiger partial charge on any atom is 0.306 e. The molecule has 0 bridgehead atoms. The van der Waals surface area contributed by atoms with Gasteiger partial charge in [-0.2, -0.15) is 0 Å². The van der Waals surface area contributed by atoms with E-state index in [1.807, 2.05) is 6.08 Å². The summed E-state index contributed by atoms with van der Waals surface area (Å²) in [6.45, 7) is 6.49. The van der Waals surface area contributed by atoms with Gasteiger partial charge in [-0.15, -0.1) is 0 Å². The van der Waals surface area contributed by atoms with Crippen molar-refractivity contribution in [2.24, 2.45) is 0 Å². The summed E-state index contributed by atoms with van der Waals surface area (Å²) in [5.41, 5.74) is 0. The van der Waals surface area contributed by atoms with Crippen LogP contribution in [-0.4, -0.2) is 37.2 Å². The van der Waals surface area contributed by atoms with Crippen molar-refractivity contribution in [2.45, 2.75) is 367 Å². The van der Waals surface area contributed by atoms with Crippen molar-refractivity contribution in [1.29, 1.82) is 0 Å². The van der Waals surface area contributed by atoms with Crippen LogP contribution in [0.4, 0.5) is 0 Å². The van der Waals surface area contributed by atoms with Crippen LogP contribution in [0.25, 0.3) is 0 Å². The van der Waals surface area contributed by atoms with Gasteiger partial charge in [0.1, 0.15) is 13.2 Å². The maximum atomic E-state index is 12.9. The Balaban J connectivity index is 4.11. The summed E-state index contributed by atoms with van der Waals surface area (Å²) in [5, 5.41) is 0. The summed E-state index contributed by atoms with van der Waals surface area (Å²) in [5.74, 6) is -0.974. The summed E-state index contributed by atoms with van der Waals surface area (Å²) in [6.07, 6.45) is 93.8. The van der Waals surface area contributed by atoms with Gasteiger partial charge in [0.2, 0.25) is 0 Å². The van der Waals surface area contributed by atoms with Gasteiger partial charge in [-0.1, -0.05) is 343 Å². The molecule has 0 saturated carbocycles. The van der Waals surface area contributed by atoms with Crippen molar-refractivity contribution in [3.63, 3.8) is 0 Å². The van der Waals surface area contributed by atoms with E-state index < -0.39 is 6.10 Å². The van der Waals surface area contributed by atoms with E-state index in [1.165, 1.54) is 238 Å². The molecule has 0 aromatic heterocycles. The molecule has 82 heavy (non-hydrogen) atoms. The van der Waals surface area contributed by atoms with E-state index in [-0.39, 0.29) is 37.5 Å². The van der Waals surface area contributed by atoms with Crippen LogP contribution in [0.1, 0.15) is 361 Å². The highest BCUT2D eigenvalue weighted by atomic mass is 16.6. The minimum absolute atomic E-state index is 0.103. The van der Waals surface area contributed by atoms with E-state index in [2.05, 4.69) is 99.8 Å². The van der Waals surface area contributed by atoms with E-state index in [0.717, 1.165) is 77.0 Å². The number of esters is 3. The summed E-state index contributed by atoms with van der Waals surface area (Å²) < 4.78 is 16.8. The zero-order valence-electron chi connectivity index (χ0n) is 54.5. The van der Waals surface area contributed by atoms with Gasteiger partial charge in [-0.25, -0.2) is 0 Å². The molecular weight excluding hydrogens is 1010 g/mol. The first kappa shape index (κ1) is 78.6. The Bertz CT molecular complexity index is 1550. The van der Waals surface area contributed by atoms with Crippen molar-refractivity contribution >= 4 is 17.9 Å². The Morgan fingerprint density at radius 3 is 0.793 bits per heavy atom. The normalized spacial score (nSPS) is 12.6. The van der Waals surface area contributed by atoms with Gasteiger partial charge in [0.15, 0.2) is 6.10 Å². The van der Waals surface area contributed by atoms with Crippen LogP contribution in [0.15, 0.2) is 85.1 Å². The Morgan fingerprint density at radius 2 is 0.500 bits per heavy atom. The molecule has 0 rings (SSSR count). The van der Waals surface area contributed by atoms with Crippen LogP contribution >= 0.6 is 0 Å². The average Bonchev–Trinajstić information content (AvgIpc) is 3.48. The van der Waals surface area contributed by atoms with Crippen LogP contribution in [0.2, 0.25) is 0 Å². The van der Waals surface area contributed by atoms with E-state index >= 15 is 0 Å². The number of carbonyl (C=O) groups is 3. The molecule has 0 aromatic carbocycles. The van der Waals surface area contributed by atoms with E-state index in [9.17, 15) is 14.4 Å². The van der Waals surface area contributed by atoms with Crippen LogP contribution in [0, 0.1) is 0 Å². The number of hydrogen-bond acceptors (Lipinski definition) is 6. The summed E-state index contributed by atoms with van der Waals surface area (Å²) in [7, 11) is 0. The molecule has 474 valence electrons. The highest BCUT2D eigenvalue weighted by Gasteiger charge is 2.19. The lowest BCUT2D eigenvalue weighted by Crippen LogP contribution is -2.30. The van der Waals surface area contributed by atoms with Crippen LogP contribution in [0.3, 0.4) is 0 Å². The Kier molecular flexibility index (Phi) is 67.2. The highest BCUT2D eigenvalue weighted by molar-refractivity contribution is 5.71. The predicted molar refractivity (Wildman–Crippen MR) is 358 cm³/mol. The average molecular weight is 1140 g/mol. The molecule has 0 N–H and O–H groups in total. The molecule has 0 aliphatic carbocycles. The third-order valence-electron chi connectivity index (χ3n) is 15.6. The third kappa shape index (κ3) is 67.4. The molecule has 0 spiro atoms. The molecule has 0 fully saturated rings. The van der Waals surface area contributed by atoms with Crippen molar-refractivity contribution in [2.75, 3.05) is 13.2 Å². The molecule has 6 heteroatoms. The SMILES string of the molecule is CC/C=C\C/C=C\C/C=C\C/C=C\C/C=C\C/C=C\CCC(=O)OC(COC(=O)CCCCCCCCCCCC)COC(=O)CCCCCCCCCCCCCCCCCCCCCCCCC/C=C\CCCCCCCCCC. The number of hydrogen-bond donors (Lipinski definition) is 0. The fourth-order valence-electron chi connectivity index (χ4n) is 10.4. The highest BCUT2D eigenvalue weighted by Crippen LogP contribution is 2.18. The lowest BCUT2D eigenvalue weighted by Gasteiger charge is -2.18. The molecule has 0 aliphatic heterocycles. The molecule has 0 aromatic rings. The number of ether oxygens (including phenoxy) is 3. The van der Waals surface area contributed by atoms with Crippen molar-refractivity contribution in [3.05, 3.63) is 85.1 Å². The fraction of sp³-hybridized carbons (Fsp3) is 0.776. The number of carbonyl (C=O) groups excluding carboxylic acids is 3. The number of rotatable bonds is 65. The second-order valence-electron chi connectivity index (χ2n) is 23.8. The second-order valence-corrected chi connectivity index (χ2v) is 23.8. The molecule has 0 heterocycles. The zero-order chi connectivity index (χ0) is 59.2. The van der Waals surface area contributed by atoms with Gasteiger partial charge in [0.05, 0.1) is 0 Å². The maximum absolute atomic E-state index is 12.9. The van der Waals surface area contributed by atoms with Crippen molar-refractivity contribution < 1.29 is 28.6 Å². The summed E-state index contributed by atoms with van der Waals surface area (Å²) >= 11 is 0. The Labute approximate surface area is 509 Å². The Morgan fingerprint density at radius 1 is 0.256 bits per heavy atom. The van der Waals surface area contributed by atoms with Crippen LogP contribution in [-0.2, 0) is 28.6 Å². The van der Waals surface area contributed by atoms with Crippen LogP contribution in [0.5, 0.6) is 0 Å². The number of allylic oxidation sites excluding steroid dienone is 14. The molecule has 6 nitrogen and oxygen atoms in total. The van der Waals surface area contributed by atoms with E-state index in [0.29, 0.717) is 19.3 Å². The van der Waals surface area contributed by atoms with E-state index in [1.54, 1.807) is 0 Å². The molecular formula is C76H134O6. The van der Waals surface area contributed by atoms with Gasteiger partial charge in [0, 0.05) is 19.3 Å². The minimum atomic E-state index is -0.815. The second kappa shape index (κ2) is 70.1. The fourth-order valence-corrected chi connectivity index (χ4v) is 10.4. The Hall–Kier alpha value is -3.41. The smallest absolute Gasteiger partial charge is 0.306 e. The molecule has 1 unspecified atom stereocenters. The van der Waals surface area contributed by atoms with Gasteiger partial charge in [-0.05, 0) is 83.5 Å². The molecule has 1 atom stereocenters. The monoisotopic (exact) mass is 1140 g/mol. The predicted octanol–water partition coefficient (Wildman–Crippen LogP) is 24.6. The van der Waals surface area contributed by atoms with E-state index in [4.69, 9.17) is 14.2 Å². The standard InChI is InChI=1S/C76H134O6/c1-4-7-10-13-16-19-22-24-26-28-30-31-32-33-34-35-36-37-38-39-40-41-42-43-44-45-47-48-50-52-54-57-60-63-66-69-75(78)81-72-73(71-80-74(77)68-65-62-59-56-21-18-15-12-9-6-3)82-76(79)70-67-64-61-58-55-53-51-49-46-29-27-25-23-20-17-14-11-8-5-2/h8,11,17,20,25,27-28,30,46,49,53,55,61,64,73H,4-7,9-10,12-16,18-19,21-24,26,29,31-45,47-48,50-52,54,56-60,62-63,65-72H2,1-3H3/b11-8-,20-17-,27-25-,30-28-,49-46-,55-53-,64-61-. The number of unbranched alkanes of at least 4 members (excludes halogenated alkanes) is 40. The quantitative estimate of drug-likeness (QED) is 0.0261. The van der Waals surface area contributed by atoms with Gasteiger partial charge in [0.25, 0.3) is 0 Å². The summed E-state index contributed by atoms with van der Waals surface area (Å²) in [4.78, 5) is 38.2. The first-order valence-corrected chi connectivity index (χ1v) is 35.6. The topological polar surface area (TPSA) is 78.9 Å². The molecule has 0 amide bonds. The van der Waals surface area contributed by atoms with Crippen molar-refractivity contribution in [3.8, 4) is 0 Å². The molecule has 0 radical (unpaired) electrons. The zero-order valence-corrected chi connectivity index (χ0v) is 54.5. The van der Waals surface area contributed by atoms with Crippen molar-refractivity contribution in [1.82, 2.24) is 0 Å². The third-order valence-corrected chi connectivity index (χ3v) is 15.6.